The minimum absolute atomic E-state index is 0.159. The fraction of sp³-hybridized carbons (Fsp3) is 0.667. The molecule has 3 rings (SSSR count). The Morgan fingerprint density at radius 1 is 1.16 bits per heavy atom. The molecule has 0 amide bonds. The number of hydrogen-bond acceptors (Lipinski definition) is 1. The van der Waals surface area contributed by atoms with Crippen molar-refractivity contribution in [2.45, 2.75) is 58.4 Å². The Hall–Kier alpha value is -0.820. The van der Waals surface area contributed by atoms with E-state index in [9.17, 15) is 0 Å². The summed E-state index contributed by atoms with van der Waals surface area (Å²) in [4.78, 5) is 0. The highest BCUT2D eigenvalue weighted by atomic mass is 14.7. The van der Waals surface area contributed by atoms with Gasteiger partial charge in [0.25, 0.3) is 0 Å². The van der Waals surface area contributed by atoms with Gasteiger partial charge in [-0.25, -0.2) is 0 Å². The lowest BCUT2D eigenvalue weighted by Crippen LogP contribution is -2.36. The SMILES string of the molecule is Cc1ccc(C(C)(N)CC2CC3CCC2C3)cc1C. The fourth-order valence-corrected chi connectivity index (χ4v) is 4.39. The molecule has 1 nitrogen and oxygen atoms in total. The van der Waals surface area contributed by atoms with E-state index in [4.69, 9.17) is 5.73 Å². The number of rotatable bonds is 3. The fourth-order valence-electron chi connectivity index (χ4n) is 4.39. The van der Waals surface area contributed by atoms with Gasteiger partial charge < -0.3 is 5.73 Å². The molecule has 2 fully saturated rings. The Morgan fingerprint density at radius 3 is 2.53 bits per heavy atom. The highest BCUT2D eigenvalue weighted by Crippen LogP contribution is 2.51. The van der Waals surface area contributed by atoms with Crippen molar-refractivity contribution in [3.05, 3.63) is 34.9 Å². The average molecular weight is 257 g/mol. The van der Waals surface area contributed by atoms with Crippen molar-refractivity contribution in [2.24, 2.45) is 23.5 Å². The maximum atomic E-state index is 6.67. The monoisotopic (exact) mass is 257 g/mol. The Bertz CT molecular complexity index is 475. The van der Waals surface area contributed by atoms with Crippen molar-refractivity contribution in [1.29, 1.82) is 0 Å². The van der Waals surface area contributed by atoms with Crippen LogP contribution < -0.4 is 5.73 Å². The summed E-state index contributed by atoms with van der Waals surface area (Å²) in [6, 6.07) is 6.74. The number of nitrogens with two attached hydrogens (primary N) is 1. The molecule has 2 bridgehead atoms. The largest absolute Gasteiger partial charge is 0.322 e. The van der Waals surface area contributed by atoms with Crippen molar-refractivity contribution in [3.63, 3.8) is 0 Å². The number of aryl methyl sites for hydroxylation is 2. The highest BCUT2D eigenvalue weighted by molar-refractivity contribution is 5.33. The maximum Gasteiger partial charge on any atom is 0.0383 e. The molecule has 0 heterocycles. The molecule has 1 aromatic carbocycles. The lowest BCUT2D eigenvalue weighted by atomic mass is 9.77. The molecule has 1 aromatic rings. The lowest BCUT2D eigenvalue weighted by Gasteiger charge is -2.32. The van der Waals surface area contributed by atoms with E-state index in [0.29, 0.717) is 0 Å². The van der Waals surface area contributed by atoms with Crippen LogP contribution in [0.5, 0.6) is 0 Å². The van der Waals surface area contributed by atoms with Gasteiger partial charge in [0.2, 0.25) is 0 Å². The van der Waals surface area contributed by atoms with Crippen molar-refractivity contribution < 1.29 is 0 Å². The molecule has 0 radical (unpaired) electrons. The van der Waals surface area contributed by atoms with Crippen molar-refractivity contribution in [1.82, 2.24) is 0 Å². The summed E-state index contributed by atoms with van der Waals surface area (Å²) in [5, 5.41) is 0. The quantitative estimate of drug-likeness (QED) is 0.858. The van der Waals surface area contributed by atoms with E-state index in [1.165, 1.54) is 42.4 Å². The van der Waals surface area contributed by atoms with Gasteiger partial charge in [-0.2, -0.15) is 0 Å². The van der Waals surface area contributed by atoms with E-state index < -0.39 is 0 Å². The van der Waals surface area contributed by atoms with Crippen LogP contribution >= 0.6 is 0 Å². The first-order chi connectivity index (χ1) is 8.95. The second-order valence-electron chi connectivity index (χ2n) is 7.36. The first-order valence-electron chi connectivity index (χ1n) is 7.82. The standard InChI is InChI=1S/C18H27N/c1-12-4-7-17(8-13(12)2)18(3,19)11-16-10-14-5-6-15(16)9-14/h4,7-8,14-16H,5-6,9-11,19H2,1-3H3. The Morgan fingerprint density at radius 2 is 1.95 bits per heavy atom. The van der Waals surface area contributed by atoms with Gasteiger partial charge in [-0.05, 0) is 80.9 Å². The number of benzene rings is 1. The summed E-state index contributed by atoms with van der Waals surface area (Å²) in [6.45, 7) is 6.58. The van der Waals surface area contributed by atoms with Crippen LogP contribution in [0, 0.1) is 31.6 Å². The van der Waals surface area contributed by atoms with Crippen LogP contribution in [0.4, 0.5) is 0 Å². The molecule has 0 saturated heterocycles. The van der Waals surface area contributed by atoms with E-state index in [1.54, 1.807) is 0 Å². The van der Waals surface area contributed by atoms with E-state index >= 15 is 0 Å². The minimum Gasteiger partial charge on any atom is -0.322 e. The van der Waals surface area contributed by atoms with Gasteiger partial charge in [0, 0.05) is 5.54 Å². The molecule has 2 aliphatic rings. The van der Waals surface area contributed by atoms with Crippen molar-refractivity contribution in [2.75, 3.05) is 0 Å². The van der Waals surface area contributed by atoms with E-state index in [2.05, 4.69) is 39.0 Å². The van der Waals surface area contributed by atoms with Gasteiger partial charge in [-0.1, -0.05) is 24.6 Å². The first kappa shape index (κ1) is 13.2. The van der Waals surface area contributed by atoms with Crippen LogP contribution in [-0.2, 0) is 5.54 Å². The molecule has 0 aliphatic heterocycles. The van der Waals surface area contributed by atoms with Crippen LogP contribution in [0.1, 0.15) is 55.7 Å². The van der Waals surface area contributed by atoms with Gasteiger partial charge >= 0.3 is 0 Å². The predicted molar refractivity (Wildman–Crippen MR) is 81.0 cm³/mol. The molecule has 4 unspecified atom stereocenters. The van der Waals surface area contributed by atoms with Crippen molar-refractivity contribution >= 4 is 0 Å². The molecule has 4 atom stereocenters. The van der Waals surface area contributed by atoms with E-state index in [-0.39, 0.29) is 5.54 Å². The summed E-state index contributed by atoms with van der Waals surface area (Å²) < 4.78 is 0. The summed E-state index contributed by atoms with van der Waals surface area (Å²) in [6.07, 6.45) is 7.01. The second kappa shape index (κ2) is 4.63. The van der Waals surface area contributed by atoms with Gasteiger partial charge in [0.05, 0.1) is 0 Å². The Balaban J connectivity index is 1.76. The van der Waals surface area contributed by atoms with Crippen LogP contribution in [0.25, 0.3) is 0 Å². The Kier molecular flexibility index (Phi) is 3.21. The topological polar surface area (TPSA) is 26.0 Å². The van der Waals surface area contributed by atoms with Gasteiger partial charge in [0.1, 0.15) is 0 Å². The Labute approximate surface area is 117 Å². The molecule has 2 N–H and O–H groups in total. The zero-order valence-corrected chi connectivity index (χ0v) is 12.6. The normalized spacial score (nSPS) is 32.5. The molecule has 0 aromatic heterocycles. The molecular weight excluding hydrogens is 230 g/mol. The average Bonchev–Trinajstić information content (AvgIpc) is 2.94. The third-order valence-corrected chi connectivity index (χ3v) is 5.74. The third-order valence-electron chi connectivity index (χ3n) is 5.74. The van der Waals surface area contributed by atoms with Crippen LogP contribution in [-0.4, -0.2) is 0 Å². The summed E-state index contributed by atoms with van der Waals surface area (Å²) in [5.74, 6) is 2.86. The van der Waals surface area contributed by atoms with Crippen LogP contribution in [0.3, 0.4) is 0 Å². The zero-order chi connectivity index (χ0) is 13.6. The van der Waals surface area contributed by atoms with Crippen molar-refractivity contribution in [3.8, 4) is 0 Å². The lowest BCUT2D eigenvalue weighted by molar-refractivity contribution is 0.253. The summed E-state index contributed by atoms with van der Waals surface area (Å²) >= 11 is 0. The summed E-state index contributed by atoms with van der Waals surface area (Å²) in [7, 11) is 0. The maximum absolute atomic E-state index is 6.67. The smallest absolute Gasteiger partial charge is 0.0383 e. The van der Waals surface area contributed by atoms with Crippen LogP contribution in [0.15, 0.2) is 18.2 Å². The van der Waals surface area contributed by atoms with E-state index in [1.807, 2.05) is 0 Å². The zero-order valence-electron chi connectivity index (χ0n) is 12.6. The number of fused-ring (bicyclic) bond motifs is 2. The van der Waals surface area contributed by atoms with Gasteiger partial charge in [-0.15, -0.1) is 0 Å². The number of hydrogen-bond donors (Lipinski definition) is 1. The predicted octanol–water partition coefficient (Wildman–Crippen LogP) is 4.30. The van der Waals surface area contributed by atoms with Gasteiger partial charge in [-0.3, -0.25) is 0 Å². The highest BCUT2D eigenvalue weighted by Gasteiger charge is 2.41. The molecule has 2 saturated carbocycles. The second-order valence-corrected chi connectivity index (χ2v) is 7.36. The molecule has 104 valence electrons. The van der Waals surface area contributed by atoms with E-state index in [0.717, 1.165) is 24.2 Å². The third kappa shape index (κ3) is 2.45. The minimum atomic E-state index is -0.159. The molecular formula is C18H27N. The molecule has 0 spiro atoms. The van der Waals surface area contributed by atoms with Gasteiger partial charge in [0.15, 0.2) is 0 Å². The first-order valence-corrected chi connectivity index (χ1v) is 7.82. The van der Waals surface area contributed by atoms with Crippen LogP contribution in [0.2, 0.25) is 0 Å². The molecule has 19 heavy (non-hydrogen) atoms. The molecule has 2 aliphatic carbocycles. The molecule has 1 heteroatoms. The summed E-state index contributed by atoms with van der Waals surface area (Å²) in [5.41, 5.74) is 10.6.